The molecule has 1 amide bonds. The molecule has 0 spiro atoms. The van der Waals surface area contributed by atoms with Crippen molar-refractivity contribution in [2.45, 2.75) is 20.3 Å². The molecule has 13 heavy (non-hydrogen) atoms. The number of hydrogen-bond acceptors (Lipinski definition) is 2. The number of ether oxygens (including phenoxy) is 1. The average molecular weight is 208 g/mol. The van der Waals surface area contributed by atoms with Crippen molar-refractivity contribution < 1.29 is 9.53 Å². The van der Waals surface area contributed by atoms with E-state index in [0.29, 0.717) is 25.6 Å². The van der Waals surface area contributed by atoms with Crippen LogP contribution in [0, 0.1) is 5.92 Å². The monoisotopic (exact) mass is 207 g/mol. The molecular weight excluding hydrogens is 190 g/mol. The van der Waals surface area contributed by atoms with Gasteiger partial charge in [0, 0.05) is 18.3 Å². The molecule has 0 aliphatic carbocycles. The molecule has 3 nitrogen and oxygen atoms in total. The van der Waals surface area contributed by atoms with Crippen LogP contribution in [0.5, 0.6) is 0 Å². The average Bonchev–Trinajstić information content (AvgIpc) is 2.16. The zero-order chi connectivity index (χ0) is 10.1. The Bertz CT molecular complexity index is 142. The molecule has 0 saturated carbocycles. The molecule has 0 bridgehead atoms. The number of hydrogen-bond donors (Lipinski definition) is 1. The first-order chi connectivity index (χ1) is 6.22. The van der Waals surface area contributed by atoms with E-state index in [1.807, 2.05) is 13.8 Å². The Balaban J connectivity index is 3.27. The first-order valence-corrected chi connectivity index (χ1v) is 5.17. The molecule has 0 aliphatic rings. The first-order valence-electron chi connectivity index (χ1n) is 4.63. The molecule has 0 aliphatic heterocycles. The van der Waals surface area contributed by atoms with Gasteiger partial charge in [-0.2, -0.15) is 0 Å². The molecule has 0 heterocycles. The van der Waals surface area contributed by atoms with Crippen molar-refractivity contribution in [3.8, 4) is 0 Å². The van der Waals surface area contributed by atoms with Crippen LogP contribution in [0.15, 0.2) is 0 Å². The molecule has 0 aromatic carbocycles. The van der Waals surface area contributed by atoms with Gasteiger partial charge in [-0.25, -0.2) is 0 Å². The minimum Gasteiger partial charge on any atom is -0.378 e. The number of nitrogens with one attached hydrogen (secondary N) is 1. The Morgan fingerprint density at radius 2 is 2.23 bits per heavy atom. The fraction of sp³-hybridized carbons (Fsp3) is 0.889. The molecule has 0 rings (SSSR count). The molecule has 1 N–H and O–H groups in total. The third-order valence-corrected chi connectivity index (χ3v) is 1.98. The number of alkyl halides is 1. The summed E-state index contributed by atoms with van der Waals surface area (Å²) in [6.07, 6.45) is 0.869. The summed E-state index contributed by atoms with van der Waals surface area (Å²) in [4.78, 5) is 11.2. The molecule has 78 valence electrons. The summed E-state index contributed by atoms with van der Waals surface area (Å²) in [5, 5.41) is 2.79. The number of carbonyl (C=O) groups is 1. The minimum atomic E-state index is 0.0908. The Morgan fingerprint density at radius 1 is 1.54 bits per heavy atom. The van der Waals surface area contributed by atoms with Gasteiger partial charge in [0.15, 0.2) is 0 Å². The first kappa shape index (κ1) is 12.7. The van der Waals surface area contributed by atoms with E-state index in [1.165, 1.54) is 0 Å². The summed E-state index contributed by atoms with van der Waals surface area (Å²) in [5.41, 5.74) is 0. The van der Waals surface area contributed by atoms with Crippen LogP contribution < -0.4 is 5.32 Å². The normalized spacial score (nSPS) is 12.5. The third kappa shape index (κ3) is 6.84. The zero-order valence-corrected chi connectivity index (χ0v) is 9.06. The number of amides is 1. The van der Waals surface area contributed by atoms with E-state index in [1.54, 1.807) is 0 Å². The molecule has 4 heteroatoms. The van der Waals surface area contributed by atoms with Gasteiger partial charge in [0.05, 0.1) is 13.2 Å². The number of rotatable bonds is 7. The summed E-state index contributed by atoms with van der Waals surface area (Å²) in [5.74, 6) is 0.685. The van der Waals surface area contributed by atoms with Crippen LogP contribution >= 0.6 is 11.6 Å². The highest BCUT2D eigenvalue weighted by Crippen LogP contribution is 1.98. The van der Waals surface area contributed by atoms with Crippen LogP contribution in [-0.4, -0.2) is 31.5 Å². The number of carbonyl (C=O) groups excluding carboxylic acids is 1. The lowest BCUT2D eigenvalue weighted by atomic mass is 10.1. The van der Waals surface area contributed by atoms with Gasteiger partial charge in [0.1, 0.15) is 0 Å². The predicted octanol–water partition coefficient (Wildman–Crippen LogP) is 1.40. The van der Waals surface area contributed by atoms with Gasteiger partial charge in [0.25, 0.3) is 0 Å². The molecule has 1 unspecified atom stereocenters. The molecule has 0 aromatic rings. The van der Waals surface area contributed by atoms with Gasteiger partial charge in [0.2, 0.25) is 5.91 Å². The van der Waals surface area contributed by atoms with E-state index in [4.69, 9.17) is 16.3 Å². The molecule has 1 atom stereocenters. The smallest absolute Gasteiger partial charge is 0.222 e. The van der Waals surface area contributed by atoms with Gasteiger partial charge in [-0.3, -0.25) is 4.79 Å². The summed E-state index contributed by atoms with van der Waals surface area (Å²) in [6, 6.07) is 0. The second-order valence-corrected chi connectivity index (χ2v) is 3.28. The van der Waals surface area contributed by atoms with Crippen LogP contribution in [0.25, 0.3) is 0 Å². The second-order valence-electron chi connectivity index (χ2n) is 2.90. The van der Waals surface area contributed by atoms with Gasteiger partial charge < -0.3 is 10.1 Å². The molecule has 0 aromatic heterocycles. The van der Waals surface area contributed by atoms with Crippen LogP contribution in [0.4, 0.5) is 0 Å². The number of halogens is 1. The maximum absolute atomic E-state index is 11.2. The van der Waals surface area contributed by atoms with E-state index >= 15 is 0 Å². The maximum atomic E-state index is 11.2. The second kappa shape index (κ2) is 8.32. The fourth-order valence-electron chi connectivity index (χ4n) is 0.763. The van der Waals surface area contributed by atoms with Gasteiger partial charge in [-0.05, 0) is 6.42 Å². The minimum absolute atomic E-state index is 0.0908. The van der Waals surface area contributed by atoms with Gasteiger partial charge in [-0.1, -0.05) is 13.8 Å². The maximum Gasteiger partial charge on any atom is 0.222 e. The lowest BCUT2D eigenvalue weighted by Crippen LogP contribution is -2.31. The zero-order valence-electron chi connectivity index (χ0n) is 8.31. The lowest BCUT2D eigenvalue weighted by molar-refractivity contribution is -0.124. The highest BCUT2D eigenvalue weighted by molar-refractivity contribution is 6.17. The van der Waals surface area contributed by atoms with Crippen molar-refractivity contribution >= 4 is 17.5 Å². The Labute approximate surface area is 84.8 Å². The van der Waals surface area contributed by atoms with Crippen molar-refractivity contribution in [3.63, 3.8) is 0 Å². The largest absolute Gasteiger partial charge is 0.378 e. The molecular formula is C9H18ClNO2. The van der Waals surface area contributed by atoms with Crippen molar-refractivity contribution in [3.05, 3.63) is 0 Å². The van der Waals surface area contributed by atoms with Gasteiger partial charge in [-0.15, -0.1) is 11.6 Å². The summed E-state index contributed by atoms with van der Waals surface area (Å²) < 4.78 is 5.10. The van der Waals surface area contributed by atoms with Crippen molar-refractivity contribution in [2.75, 3.05) is 25.6 Å². The Hall–Kier alpha value is -0.280. The van der Waals surface area contributed by atoms with E-state index in [9.17, 15) is 4.79 Å². The SMILES string of the molecule is CCC(C)C(=O)NCCOCCCl. The van der Waals surface area contributed by atoms with Crippen molar-refractivity contribution in [1.29, 1.82) is 0 Å². The quantitative estimate of drug-likeness (QED) is 0.507. The molecule has 0 fully saturated rings. The Kier molecular flexibility index (Phi) is 8.14. The van der Waals surface area contributed by atoms with E-state index in [2.05, 4.69) is 5.32 Å². The van der Waals surface area contributed by atoms with Crippen LogP contribution in [0.3, 0.4) is 0 Å². The van der Waals surface area contributed by atoms with Gasteiger partial charge >= 0.3 is 0 Å². The Morgan fingerprint density at radius 3 is 2.77 bits per heavy atom. The fourth-order valence-corrected chi connectivity index (χ4v) is 0.872. The van der Waals surface area contributed by atoms with E-state index in [-0.39, 0.29) is 11.8 Å². The molecule has 0 radical (unpaired) electrons. The highest BCUT2D eigenvalue weighted by atomic mass is 35.5. The summed E-state index contributed by atoms with van der Waals surface area (Å²) >= 11 is 5.40. The van der Waals surface area contributed by atoms with E-state index < -0.39 is 0 Å². The lowest BCUT2D eigenvalue weighted by Gasteiger charge is -2.09. The van der Waals surface area contributed by atoms with Crippen LogP contribution in [-0.2, 0) is 9.53 Å². The van der Waals surface area contributed by atoms with Crippen molar-refractivity contribution in [1.82, 2.24) is 5.32 Å². The standard InChI is InChI=1S/C9H18ClNO2/c1-3-8(2)9(12)11-5-7-13-6-4-10/h8H,3-7H2,1-2H3,(H,11,12). The topological polar surface area (TPSA) is 38.3 Å². The molecule has 0 saturated heterocycles. The summed E-state index contributed by atoms with van der Waals surface area (Å²) in [7, 11) is 0. The predicted molar refractivity (Wildman–Crippen MR) is 54.0 cm³/mol. The van der Waals surface area contributed by atoms with E-state index in [0.717, 1.165) is 6.42 Å². The van der Waals surface area contributed by atoms with Crippen LogP contribution in [0.1, 0.15) is 20.3 Å². The third-order valence-electron chi connectivity index (χ3n) is 1.83. The van der Waals surface area contributed by atoms with Crippen molar-refractivity contribution in [2.24, 2.45) is 5.92 Å². The highest BCUT2D eigenvalue weighted by Gasteiger charge is 2.08. The summed E-state index contributed by atoms with van der Waals surface area (Å²) in [6.45, 7) is 5.55. The van der Waals surface area contributed by atoms with Crippen LogP contribution in [0.2, 0.25) is 0 Å².